The molecule has 0 radical (unpaired) electrons. The molecular formula is C40H60FN2O10P. The zero-order chi connectivity index (χ0) is 40.7. The molecule has 1 heterocycles. The van der Waals surface area contributed by atoms with Crippen molar-refractivity contribution >= 4 is 25.5 Å². The fraction of sp³-hybridized carbons (Fsp3) is 0.625. The molecule has 0 N–H and O–H groups in total. The van der Waals surface area contributed by atoms with E-state index in [0.717, 1.165) is 10.5 Å². The molecule has 1 aliphatic heterocycles. The second kappa shape index (κ2) is 17.9. The van der Waals surface area contributed by atoms with Gasteiger partial charge in [0.25, 0.3) is 0 Å². The molecular weight excluding hydrogens is 718 g/mol. The number of unbranched alkanes of at least 4 members (excludes halogenated alkanes) is 1. The highest BCUT2D eigenvalue weighted by molar-refractivity contribution is 7.62. The number of rotatable bonds is 13. The first-order valence-corrected chi connectivity index (χ1v) is 20.2. The van der Waals surface area contributed by atoms with Crippen LogP contribution in [0.25, 0.3) is 11.1 Å². The van der Waals surface area contributed by atoms with E-state index in [1.54, 1.807) is 87.4 Å². The van der Waals surface area contributed by atoms with Gasteiger partial charge in [0.05, 0.1) is 20.8 Å². The number of benzene rings is 2. The molecule has 12 nitrogen and oxygen atoms in total. The Bertz CT molecular complexity index is 1650. The Morgan fingerprint density at radius 3 is 1.96 bits per heavy atom. The molecule has 1 saturated heterocycles. The second-order valence-electron chi connectivity index (χ2n) is 16.5. The molecule has 0 spiro atoms. The van der Waals surface area contributed by atoms with Crippen LogP contribution in [0.5, 0.6) is 11.5 Å². The summed E-state index contributed by atoms with van der Waals surface area (Å²) < 4.78 is 63.7. The molecule has 14 heteroatoms. The van der Waals surface area contributed by atoms with Gasteiger partial charge < -0.3 is 28.2 Å². The maximum Gasteiger partial charge on any atom is 0.419 e. The van der Waals surface area contributed by atoms with Gasteiger partial charge >= 0.3 is 18.2 Å². The molecule has 0 aromatic heterocycles. The maximum absolute atomic E-state index is 14.9. The third-order valence-corrected chi connectivity index (χ3v) is 11.9. The summed E-state index contributed by atoms with van der Waals surface area (Å²) in [5, 5.41) is -1.58. The van der Waals surface area contributed by atoms with Crippen molar-refractivity contribution < 1.29 is 51.5 Å². The molecule has 1 aliphatic rings. The van der Waals surface area contributed by atoms with Gasteiger partial charge in [-0.15, -0.1) is 0 Å². The van der Waals surface area contributed by atoms with E-state index < -0.39 is 53.3 Å². The average Bonchev–Trinajstić information content (AvgIpc) is 3.04. The van der Waals surface area contributed by atoms with Gasteiger partial charge in [-0.2, -0.15) is 0 Å². The number of halogens is 1. The number of imide groups is 1. The van der Waals surface area contributed by atoms with Crippen LogP contribution in [0.4, 0.5) is 14.0 Å². The van der Waals surface area contributed by atoms with Crippen molar-refractivity contribution in [2.45, 2.75) is 117 Å². The number of methoxy groups -OCH3 is 2. The highest BCUT2D eigenvalue weighted by Crippen LogP contribution is 2.64. The number of ether oxygens (including phenoxy) is 5. The first-order chi connectivity index (χ1) is 25.0. The predicted octanol–water partition coefficient (Wildman–Crippen LogP) is 9.06. The van der Waals surface area contributed by atoms with E-state index in [1.165, 1.54) is 26.4 Å². The van der Waals surface area contributed by atoms with Crippen molar-refractivity contribution in [2.24, 2.45) is 0 Å². The molecule has 0 saturated carbocycles. The van der Waals surface area contributed by atoms with Crippen molar-refractivity contribution in [1.82, 2.24) is 9.80 Å². The highest BCUT2D eigenvalue weighted by Gasteiger charge is 2.59. The van der Waals surface area contributed by atoms with Gasteiger partial charge in [-0.3, -0.25) is 14.3 Å². The molecule has 54 heavy (non-hydrogen) atoms. The Morgan fingerprint density at radius 2 is 1.43 bits per heavy atom. The van der Waals surface area contributed by atoms with Crippen LogP contribution in [-0.4, -0.2) is 96.5 Å². The van der Waals surface area contributed by atoms with Crippen LogP contribution in [0, 0.1) is 5.82 Å². The Kier molecular flexibility index (Phi) is 14.8. The smallest absolute Gasteiger partial charge is 0.419 e. The third-order valence-electron chi connectivity index (χ3n) is 8.57. The Hall–Kier alpha value is -3.67. The molecule has 2 amide bonds. The van der Waals surface area contributed by atoms with E-state index in [-0.39, 0.29) is 45.1 Å². The lowest BCUT2D eigenvalue weighted by Crippen LogP contribution is -2.56. The van der Waals surface area contributed by atoms with Crippen molar-refractivity contribution in [3.63, 3.8) is 0 Å². The molecule has 1 unspecified atom stereocenters. The normalized spacial score (nSPS) is 19.5. The number of nitrogens with zero attached hydrogens (tertiary/aromatic N) is 2. The van der Waals surface area contributed by atoms with E-state index in [4.69, 9.17) is 28.2 Å². The van der Waals surface area contributed by atoms with Crippen LogP contribution >= 0.6 is 7.37 Å². The number of amides is 2. The van der Waals surface area contributed by atoms with E-state index in [9.17, 15) is 23.3 Å². The largest absolute Gasteiger partial charge is 0.493 e. The Balaban J connectivity index is 2.00. The van der Waals surface area contributed by atoms with Crippen molar-refractivity contribution in [2.75, 3.05) is 46.6 Å². The molecule has 0 bridgehead atoms. The van der Waals surface area contributed by atoms with E-state index >= 15 is 0 Å². The number of esters is 1. The molecule has 2 aromatic rings. The summed E-state index contributed by atoms with van der Waals surface area (Å²) in [4.78, 5) is 43.7. The summed E-state index contributed by atoms with van der Waals surface area (Å²) in [6.45, 7) is 17.9. The number of hydrogen-bond acceptors (Lipinski definition) is 11. The maximum atomic E-state index is 14.9. The number of hydrogen-bond donors (Lipinski definition) is 0. The SMILES string of the molecule is CCOP1(=O)CCN(Cc2ccc(F)cc2-c2ccc(OC)c(OC)c2)C[C@@]1(CCCCN(C(=O)OC(C)(C)C)C(=O)OC(C)(C)C)C(=O)OC(C)(C)C. The summed E-state index contributed by atoms with van der Waals surface area (Å²) in [5.74, 6) is -0.0455. The zero-order valence-electron chi connectivity index (χ0n) is 34.1. The van der Waals surface area contributed by atoms with E-state index in [1.807, 2.05) is 11.0 Å². The van der Waals surface area contributed by atoms with Crippen LogP contribution in [0.2, 0.25) is 0 Å². The summed E-state index contributed by atoms with van der Waals surface area (Å²) in [5.41, 5.74) is -0.514. The van der Waals surface area contributed by atoms with Gasteiger partial charge in [0.2, 0.25) is 7.37 Å². The molecule has 2 atom stereocenters. The quantitative estimate of drug-likeness (QED) is 0.0836. The molecule has 2 aromatic carbocycles. The predicted molar refractivity (Wildman–Crippen MR) is 206 cm³/mol. The van der Waals surface area contributed by atoms with Gasteiger partial charge in [-0.25, -0.2) is 18.9 Å². The van der Waals surface area contributed by atoms with E-state index in [0.29, 0.717) is 35.7 Å². The summed E-state index contributed by atoms with van der Waals surface area (Å²) in [6, 6.07) is 9.89. The highest BCUT2D eigenvalue weighted by atomic mass is 31.2. The zero-order valence-corrected chi connectivity index (χ0v) is 35.0. The van der Waals surface area contributed by atoms with Crippen molar-refractivity contribution in [1.29, 1.82) is 0 Å². The standard InChI is InChI=1S/C40H60FN2O10P/c1-13-50-54(47)23-22-42(26-29-16-18-30(41)25-31(29)28-17-19-32(48-11)33(24-28)49-12)27-40(54,34(44)51-37(2,3)4)20-14-15-21-43(35(45)52-38(5,6)7)36(46)53-39(8,9)10/h16-19,24-25H,13-15,20-23,26-27H2,1-12H3/t40-,54?/m0/s1. The van der Waals surface area contributed by atoms with Crippen LogP contribution in [0.1, 0.15) is 94.1 Å². The first kappa shape index (κ1) is 44.7. The van der Waals surface area contributed by atoms with Gasteiger partial charge in [0.15, 0.2) is 16.7 Å². The Morgan fingerprint density at radius 1 is 0.833 bits per heavy atom. The first-order valence-electron chi connectivity index (χ1n) is 18.4. The van der Waals surface area contributed by atoms with Crippen LogP contribution in [0.15, 0.2) is 36.4 Å². The molecule has 302 valence electrons. The fourth-order valence-electron chi connectivity index (χ4n) is 6.28. The van der Waals surface area contributed by atoms with Crippen molar-refractivity contribution in [3.05, 3.63) is 47.8 Å². The average molecular weight is 779 g/mol. The van der Waals surface area contributed by atoms with Crippen LogP contribution < -0.4 is 9.47 Å². The topological polar surface area (TPSA) is 130 Å². The molecule has 3 rings (SSSR count). The summed E-state index contributed by atoms with van der Waals surface area (Å²) in [7, 11) is -0.629. The number of carbonyl (C=O) groups excluding carboxylic acids is 3. The minimum absolute atomic E-state index is 0.0315. The van der Waals surface area contributed by atoms with Gasteiger partial charge in [0.1, 0.15) is 22.6 Å². The lowest BCUT2D eigenvalue weighted by atomic mass is 9.96. The monoisotopic (exact) mass is 778 g/mol. The lowest BCUT2D eigenvalue weighted by molar-refractivity contribution is -0.160. The van der Waals surface area contributed by atoms with Crippen molar-refractivity contribution in [3.8, 4) is 22.6 Å². The van der Waals surface area contributed by atoms with Gasteiger partial charge in [0, 0.05) is 32.3 Å². The second-order valence-corrected chi connectivity index (χ2v) is 19.4. The minimum Gasteiger partial charge on any atom is -0.493 e. The van der Waals surface area contributed by atoms with Gasteiger partial charge in [-0.1, -0.05) is 12.1 Å². The minimum atomic E-state index is -3.70. The summed E-state index contributed by atoms with van der Waals surface area (Å²) in [6.07, 6.45) is -1.03. The van der Waals surface area contributed by atoms with Crippen LogP contribution in [0.3, 0.4) is 0 Å². The Labute approximate surface area is 320 Å². The molecule has 1 fully saturated rings. The lowest BCUT2D eigenvalue weighted by Gasteiger charge is -2.46. The van der Waals surface area contributed by atoms with Crippen LogP contribution in [-0.2, 0) is 34.6 Å². The third kappa shape index (κ3) is 11.9. The summed E-state index contributed by atoms with van der Waals surface area (Å²) >= 11 is 0. The number of carbonyl (C=O) groups is 3. The fourth-order valence-corrected chi connectivity index (χ4v) is 9.29. The van der Waals surface area contributed by atoms with E-state index in [2.05, 4.69) is 0 Å². The molecule has 0 aliphatic carbocycles. The van der Waals surface area contributed by atoms with Gasteiger partial charge in [-0.05, 0) is 129 Å².